The van der Waals surface area contributed by atoms with E-state index in [9.17, 15) is 9.90 Å². The molecule has 0 unspecified atom stereocenters. The fraction of sp³-hybridized carbons (Fsp3) is 0.125. The highest BCUT2D eigenvalue weighted by molar-refractivity contribution is 6.32. The Morgan fingerprint density at radius 2 is 2.14 bits per heavy atom. The first-order valence-electron chi connectivity index (χ1n) is 6.55. The number of nitrogens with one attached hydrogen (secondary N) is 1. The van der Waals surface area contributed by atoms with Crippen LogP contribution in [0.25, 0.3) is 0 Å². The van der Waals surface area contributed by atoms with Crippen molar-refractivity contribution in [1.82, 2.24) is 5.43 Å². The summed E-state index contributed by atoms with van der Waals surface area (Å²) in [6.07, 6.45) is 1.36. The molecule has 0 atom stereocenters. The molecule has 0 fully saturated rings. The maximum atomic E-state index is 11.6. The third-order valence-electron chi connectivity index (χ3n) is 2.77. The van der Waals surface area contributed by atoms with Gasteiger partial charge in [-0.2, -0.15) is 5.10 Å². The van der Waals surface area contributed by atoms with Gasteiger partial charge in [-0.1, -0.05) is 29.8 Å². The van der Waals surface area contributed by atoms with E-state index >= 15 is 0 Å². The Labute approximate surface area is 133 Å². The lowest BCUT2D eigenvalue weighted by atomic mass is 10.1. The molecule has 0 aromatic heterocycles. The van der Waals surface area contributed by atoms with Crippen LogP contribution >= 0.6 is 11.6 Å². The minimum Gasteiger partial charge on any atom is -0.507 e. The number of para-hydroxylation sites is 1. The number of hydrazone groups is 1. The quantitative estimate of drug-likeness (QED) is 0.658. The normalized spacial score (nSPS) is 10.6. The molecular formula is C16H15ClN2O3. The average Bonchev–Trinajstić information content (AvgIpc) is 2.49. The lowest BCUT2D eigenvalue weighted by Gasteiger charge is -2.06. The topological polar surface area (TPSA) is 70.9 Å². The highest BCUT2D eigenvalue weighted by Crippen LogP contribution is 2.22. The molecule has 2 rings (SSSR count). The number of nitrogens with zero attached hydrogens (tertiary/aromatic N) is 1. The molecule has 2 aromatic carbocycles. The molecule has 6 heteroatoms. The van der Waals surface area contributed by atoms with Crippen molar-refractivity contribution in [2.24, 2.45) is 5.10 Å². The fourth-order valence-corrected chi connectivity index (χ4v) is 1.86. The molecule has 2 N–H and O–H groups in total. The Kier molecular flexibility index (Phi) is 5.38. The van der Waals surface area contributed by atoms with Gasteiger partial charge in [0.2, 0.25) is 0 Å². The van der Waals surface area contributed by atoms with E-state index in [0.717, 1.165) is 5.56 Å². The van der Waals surface area contributed by atoms with Crippen LogP contribution in [0, 0.1) is 6.92 Å². The second-order valence-corrected chi connectivity index (χ2v) is 4.98. The summed E-state index contributed by atoms with van der Waals surface area (Å²) in [6.45, 7) is 1.66. The summed E-state index contributed by atoms with van der Waals surface area (Å²) in [5.41, 5.74) is 3.76. The number of halogens is 1. The zero-order valence-corrected chi connectivity index (χ0v) is 12.7. The van der Waals surface area contributed by atoms with Gasteiger partial charge in [-0.3, -0.25) is 4.79 Å². The van der Waals surface area contributed by atoms with Gasteiger partial charge in [0.25, 0.3) is 5.91 Å². The minimum atomic E-state index is -0.428. The molecule has 114 valence electrons. The monoisotopic (exact) mass is 318 g/mol. The van der Waals surface area contributed by atoms with Crippen LogP contribution in [0.15, 0.2) is 47.6 Å². The maximum Gasteiger partial charge on any atom is 0.277 e. The molecule has 0 radical (unpaired) electrons. The van der Waals surface area contributed by atoms with Crippen LogP contribution in [0.1, 0.15) is 11.1 Å². The summed E-state index contributed by atoms with van der Waals surface area (Å²) in [5.74, 6) is 0.104. The molecule has 0 aliphatic carbocycles. The third-order valence-corrected chi connectivity index (χ3v) is 3.09. The average molecular weight is 319 g/mol. The van der Waals surface area contributed by atoms with E-state index in [1.807, 2.05) is 13.0 Å². The van der Waals surface area contributed by atoms with Gasteiger partial charge in [-0.15, -0.1) is 0 Å². The van der Waals surface area contributed by atoms with Gasteiger partial charge in [-0.25, -0.2) is 5.43 Å². The predicted octanol–water partition coefficient (Wildman–Crippen LogP) is 2.88. The van der Waals surface area contributed by atoms with Crippen molar-refractivity contribution in [3.05, 3.63) is 58.6 Å². The largest absolute Gasteiger partial charge is 0.507 e. The van der Waals surface area contributed by atoms with Crippen molar-refractivity contribution in [2.75, 3.05) is 6.61 Å². The van der Waals surface area contributed by atoms with E-state index in [0.29, 0.717) is 16.3 Å². The van der Waals surface area contributed by atoms with E-state index in [-0.39, 0.29) is 12.4 Å². The number of ether oxygens (including phenoxy) is 1. The Morgan fingerprint density at radius 3 is 2.86 bits per heavy atom. The zero-order valence-electron chi connectivity index (χ0n) is 11.9. The van der Waals surface area contributed by atoms with Gasteiger partial charge in [0.15, 0.2) is 6.61 Å². The SMILES string of the molecule is Cc1ccc(/C=N/NC(=O)COc2ccccc2Cl)c(O)c1. The summed E-state index contributed by atoms with van der Waals surface area (Å²) < 4.78 is 5.27. The van der Waals surface area contributed by atoms with Gasteiger partial charge >= 0.3 is 0 Å². The number of phenolic OH excluding ortho intramolecular Hbond substituents is 1. The van der Waals surface area contributed by atoms with Crippen molar-refractivity contribution < 1.29 is 14.6 Å². The second-order valence-electron chi connectivity index (χ2n) is 4.57. The molecule has 1 amide bonds. The van der Waals surface area contributed by atoms with Crippen LogP contribution in [0.2, 0.25) is 5.02 Å². The van der Waals surface area contributed by atoms with E-state index in [1.54, 1.807) is 36.4 Å². The molecule has 0 saturated heterocycles. The van der Waals surface area contributed by atoms with Gasteiger partial charge in [0, 0.05) is 5.56 Å². The Morgan fingerprint density at radius 1 is 1.36 bits per heavy atom. The minimum absolute atomic E-state index is 0.102. The molecule has 0 spiro atoms. The molecule has 2 aromatic rings. The van der Waals surface area contributed by atoms with Crippen LogP contribution in [0.3, 0.4) is 0 Å². The number of phenols is 1. The van der Waals surface area contributed by atoms with E-state index in [2.05, 4.69) is 10.5 Å². The van der Waals surface area contributed by atoms with Crippen molar-refractivity contribution in [1.29, 1.82) is 0 Å². The maximum absolute atomic E-state index is 11.6. The smallest absolute Gasteiger partial charge is 0.277 e. The number of benzene rings is 2. The summed E-state index contributed by atoms with van der Waals surface area (Å²) in [5, 5.41) is 13.9. The Bertz CT molecular complexity index is 702. The predicted molar refractivity (Wildman–Crippen MR) is 85.5 cm³/mol. The molecule has 0 aliphatic heterocycles. The molecule has 22 heavy (non-hydrogen) atoms. The number of aromatic hydroxyl groups is 1. The highest BCUT2D eigenvalue weighted by atomic mass is 35.5. The number of rotatable bonds is 5. The Balaban J connectivity index is 1.85. The fourth-order valence-electron chi connectivity index (χ4n) is 1.67. The van der Waals surface area contributed by atoms with Crippen molar-refractivity contribution in [2.45, 2.75) is 6.92 Å². The van der Waals surface area contributed by atoms with Crippen molar-refractivity contribution >= 4 is 23.7 Å². The van der Waals surface area contributed by atoms with Crippen molar-refractivity contribution in [3.8, 4) is 11.5 Å². The van der Waals surface area contributed by atoms with Crippen LogP contribution in [-0.4, -0.2) is 23.8 Å². The molecule has 0 saturated carbocycles. The van der Waals surface area contributed by atoms with Crippen LogP contribution in [-0.2, 0) is 4.79 Å². The molecule has 0 bridgehead atoms. The first-order chi connectivity index (χ1) is 10.6. The first kappa shape index (κ1) is 15.9. The van der Waals surface area contributed by atoms with Gasteiger partial charge in [-0.05, 0) is 36.8 Å². The molecular weight excluding hydrogens is 304 g/mol. The lowest BCUT2D eigenvalue weighted by Crippen LogP contribution is -2.24. The first-order valence-corrected chi connectivity index (χ1v) is 6.93. The van der Waals surface area contributed by atoms with Crippen molar-refractivity contribution in [3.63, 3.8) is 0 Å². The number of hydrogen-bond donors (Lipinski definition) is 2. The number of carbonyl (C=O) groups is 1. The summed E-state index contributed by atoms with van der Waals surface area (Å²) in [6, 6.07) is 12.0. The van der Waals surface area contributed by atoms with Gasteiger partial charge < -0.3 is 9.84 Å². The number of amides is 1. The Hall–Kier alpha value is -2.53. The van der Waals surface area contributed by atoms with Crippen LogP contribution in [0.5, 0.6) is 11.5 Å². The molecule has 0 heterocycles. The van der Waals surface area contributed by atoms with E-state index in [1.165, 1.54) is 6.21 Å². The summed E-state index contributed by atoms with van der Waals surface area (Å²) in [7, 11) is 0. The second kappa shape index (κ2) is 7.47. The van der Waals surface area contributed by atoms with Crippen LogP contribution < -0.4 is 10.2 Å². The summed E-state index contributed by atoms with van der Waals surface area (Å²) in [4.78, 5) is 11.6. The third kappa shape index (κ3) is 4.49. The van der Waals surface area contributed by atoms with E-state index in [4.69, 9.17) is 16.3 Å². The number of carbonyl (C=O) groups excluding carboxylic acids is 1. The van der Waals surface area contributed by atoms with Gasteiger partial charge in [0.05, 0.1) is 11.2 Å². The number of hydrogen-bond acceptors (Lipinski definition) is 4. The van der Waals surface area contributed by atoms with Crippen LogP contribution in [0.4, 0.5) is 0 Å². The highest BCUT2D eigenvalue weighted by Gasteiger charge is 2.04. The number of aryl methyl sites for hydroxylation is 1. The van der Waals surface area contributed by atoms with E-state index < -0.39 is 5.91 Å². The lowest BCUT2D eigenvalue weighted by molar-refractivity contribution is -0.123. The summed E-state index contributed by atoms with van der Waals surface area (Å²) >= 11 is 5.91. The standard InChI is InChI=1S/C16H15ClN2O3/c1-11-6-7-12(14(20)8-11)9-18-19-16(21)10-22-15-5-3-2-4-13(15)17/h2-9,20H,10H2,1H3,(H,19,21)/b18-9+. The molecule has 0 aliphatic rings. The van der Waals surface area contributed by atoms with Gasteiger partial charge in [0.1, 0.15) is 11.5 Å². The zero-order chi connectivity index (χ0) is 15.9. The molecule has 5 nitrogen and oxygen atoms in total.